The van der Waals surface area contributed by atoms with Gasteiger partial charge in [-0.2, -0.15) is 0 Å². The standard InChI is InChI=1S/C22H37NO3/c1-17(2)8-9-22(11-14-26-21(15-22)18(3)4)10-12-23(19(5)24)16-20-7-6-13-25-20/h6-7,13,17-18,21H,8-12,14-16H2,1-5H3. The van der Waals surface area contributed by atoms with Crippen LogP contribution in [0.15, 0.2) is 22.8 Å². The summed E-state index contributed by atoms with van der Waals surface area (Å²) < 4.78 is 11.5. The van der Waals surface area contributed by atoms with E-state index in [-0.39, 0.29) is 11.3 Å². The molecule has 2 atom stereocenters. The van der Waals surface area contributed by atoms with E-state index < -0.39 is 0 Å². The van der Waals surface area contributed by atoms with Gasteiger partial charge in [-0.05, 0) is 55.1 Å². The lowest BCUT2D eigenvalue weighted by Gasteiger charge is -2.44. The predicted molar refractivity (Wildman–Crippen MR) is 105 cm³/mol. The van der Waals surface area contributed by atoms with Gasteiger partial charge in [-0.15, -0.1) is 0 Å². The monoisotopic (exact) mass is 363 g/mol. The second kappa shape index (κ2) is 9.59. The number of carbonyl (C=O) groups is 1. The Morgan fingerprint density at radius 1 is 1.31 bits per heavy atom. The maximum absolute atomic E-state index is 12.1. The van der Waals surface area contributed by atoms with Crippen LogP contribution in [0.3, 0.4) is 0 Å². The molecule has 0 N–H and O–H groups in total. The van der Waals surface area contributed by atoms with Crippen LogP contribution in [-0.2, 0) is 16.1 Å². The van der Waals surface area contributed by atoms with Crippen molar-refractivity contribution in [3.05, 3.63) is 24.2 Å². The van der Waals surface area contributed by atoms with Crippen LogP contribution in [-0.4, -0.2) is 30.1 Å². The Kier molecular flexibility index (Phi) is 7.75. The number of ether oxygens (including phenoxy) is 1. The van der Waals surface area contributed by atoms with E-state index in [9.17, 15) is 4.79 Å². The summed E-state index contributed by atoms with van der Waals surface area (Å²) in [5, 5.41) is 0. The second-order valence-corrected chi connectivity index (χ2v) is 8.81. The molecule has 0 bridgehead atoms. The van der Waals surface area contributed by atoms with Gasteiger partial charge in [0, 0.05) is 20.1 Å². The number of nitrogens with zero attached hydrogens (tertiary/aromatic N) is 1. The summed E-state index contributed by atoms with van der Waals surface area (Å²) in [5.74, 6) is 2.22. The van der Waals surface area contributed by atoms with Gasteiger partial charge in [0.25, 0.3) is 0 Å². The van der Waals surface area contributed by atoms with Crippen LogP contribution in [0.25, 0.3) is 0 Å². The number of carbonyl (C=O) groups excluding carboxylic acids is 1. The van der Waals surface area contributed by atoms with Crippen LogP contribution < -0.4 is 0 Å². The summed E-state index contributed by atoms with van der Waals surface area (Å²) in [6, 6.07) is 3.82. The summed E-state index contributed by atoms with van der Waals surface area (Å²) in [6.45, 7) is 13.0. The molecule has 1 aliphatic heterocycles. The molecular weight excluding hydrogens is 326 g/mol. The molecule has 0 spiro atoms. The third-order valence-corrected chi connectivity index (χ3v) is 5.88. The first-order valence-corrected chi connectivity index (χ1v) is 10.2. The van der Waals surface area contributed by atoms with Gasteiger partial charge in [-0.25, -0.2) is 0 Å². The molecule has 2 heterocycles. The molecule has 0 saturated carbocycles. The van der Waals surface area contributed by atoms with E-state index in [0.717, 1.165) is 38.2 Å². The van der Waals surface area contributed by atoms with Crippen molar-refractivity contribution in [1.29, 1.82) is 0 Å². The molecule has 1 aliphatic rings. The van der Waals surface area contributed by atoms with E-state index in [0.29, 0.717) is 24.5 Å². The van der Waals surface area contributed by atoms with Crippen LogP contribution in [0.4, 0.5) is 0 Å². The lowest BCUT2D eigenvalue weighted by Crippen LogP contribution is -2.41. The predicted octanol–water partition coefficient (Wildman–Crippen LogP) is 5.28. The smallest absolute Gasteiger partial charge is 0.219 e. The summed E-state index contributed by atoms with van der Waals surface area (Å²) in [5.41, 5.74) is 0.286. The molecule has 148 valence electrons. The molecule has 26 heavy (non-hydrogen) atoms. The molecule has 4 heteroatoms. The lowest BCUT2D eigenvalue weighted by atomic mass is 9.69. The highest BCUT2D eigenvalue weighted by molar-refractivity contribution is 5.73. The highest BCUT2D eigenvalue weighted by atomic mass is 16.5. The summed E-state index contributed by atoms with van der Waals surface area (Å²) in [6.07, 6.45) is 7.74. The Labute approximate surface area is 159 Å². The number of hydrogen-bond acceptors (Lipinski definition) is 3. The first kappa shape index (κ1) is 21.0. The molecule has 2 unspecified atom stereocenters. The van der Waals surface area contributed by atoms with E-state index in [4.69, 9.17) is 9.15 Å². The average molecular weight is 364 g/mol. The van der Waals surface area contributed by atoms with Crippen molar-refractivity contribution in [3.63, 3.8) is 0 Å². The zero-order valence-electron chi connectivity index (χ0n) is 17.3. The lowest BCUT2D eigenvalue weighted by molar-refractivity contribution is -0.131. The van der Waals surface area contributed by atoms with Crippen LogP contribution >= 0.6 is 0 Å². The van der Waals surface area contributed by atoms with Gasteiger partial charge in [0.2, 0.25) is 5.91 Å². The van der Waals surface area contributed by atoms with Gasteiger partial charge >= 0.3 is 0 Å². The quantitative estimate of drug-likeness (QED) is 0.600. The van der Waals surface area contributed by atoms with Gasteiger partial charge in [-0.1, -0.05) is 34.1 Å². The number of furan rings is 1. The SMILES string of the molecule is CC(=O)N(CCC1(CCC(C)C)CCOC(C(C)C)C1)Cc1ccco1. The molecule has 1 amide bonds. The van der Waals surface area contributed by atoms with Gasteiger partial charge in [0.05, 0.1) is 18.9 Å². The van der Waals surface area contributed by atoms with Gasteiger partial charge in [0.15, 0.2) is 0 Å². The number of hydrogen-bond donors (Lipinski definition) is 0. The normalized spacial score (nSPS) is 23.6. The number of rotatable bonds is 9. The molecule has 2 rings (SSSR count). The van der Waals surface area contributed by atoms with Gasteiger partial charge in [0.1, 0.15) is 5.76 Å². The molecule has 4 nitrogen and oxygen atoms in total. The third kappa shape index (κ3) is 6.15. The van der Waals surface area contributed by atoms with E-state index >= 15 is 0 Å². The summed E-state index contributed by atoms with van der Waals surface area (Å²) in [4.78, 5) is 14.1. The van der Waals surface area contributed by atoms with Gasteiger partial charge < -0.3 is 14.1 Å². The van der Waals surface area contributed by atoms with Crippen LogP contribution in [0.5, 0.6) is 0 Å². The van der Waals surface area contributed by atoms with Crippen molar-refractivity contribution in [3.8, 4) is 0 Å². The first-order valence-electron chi connectivity index (χ1n) is 10.2. The highest BCUT2D eigenvalue weighted by Crippen LogP contribution is 2.43. The zero-order chi connectivity index (χ0) is 19.2. The molecule has 1 fully saturated rings. The van der Waals surface area contributed by atoms with E-state index in [1.165, 1.54) is 12.8 Å². The van der Waals surface area contributed by atoms with Crippen molar-refractivity contribution in [2.75, 3.05) is 13.2 Å². The molecule has 1 aromatic heterocycles. The van der Waals surface area contributed by atoms with Crippen LogP contribution in [0, 0.1) is 17.3 Å². The molecule has 0 aromatic carbocycles. The number of amides is 1. The van der Waals surface area contributed by atoms with Crippen molar-refractivity contribution in [2.45, 2.75) is 79.4 Å². The Morgan fingerprint density at radius 2 is 2.08 bits per heavy atom. The van der Waals surface area contributed by atoms with Crippen molar-refractivity contribution in [2.24, 2.45) is 17.3 Å². The second-order valence-electron chi connectivity index (χ2n) is 8.81. The third-order valence-electron chi connectivity index (χ3n) is 5.88. The summed E-state index contributed by atoms with van der Waals surface area (Å²) >= 11 is 0. The fourth-order valence-electron chi connectivity index (χ4n) is 3.93. The highest BCUT2D eigenvalue weighted by Gasteiger charge is 2.38. The van der Waals surface area contributed by atoms with Crippen molar-refractivity contribution < 1.29 is 13.9 Å². The Balaban J connectivity index is 2.05. The first-order chi connectivity index (χ1) is 12.3. The topological polar surface area (TPSA) is 42.7 Å². The van der Waals surface area contributed by atoms with Gasteiger partial charge in [-0.3, -0.25) is 4.79 Å². The van der Waals surface area contributed by atoms with Crippen molar-refractivity contribution >= 4 is 5.91 Å². The minimum atomic E-state index is 0.118. The maximum atomic E-state index is 12.1. The Morgan fingerprint density at radius 3 is 2.65 bits per heavy atom. The Bertz CT molecular complexity index is 538. The van der Waals surface area contributed by atoms with Crippen LogP contribution in [0.1, 0.15) is 72.5 Å². The average Bonchev–Trinajstić information content (AvgIpc) is 3.10. The van der Waals surface area contributed by atoms with E-state index in [2.05, 4.69) is 27.7 Å². The maximum Gasteiger partial charge on any atom is 0.219 e. The molecule has 0 aliphatic carbocycles. The van der Waals surface area contributed by atoms with Crippen LogP contribution in [0.2, 0.25) is 0 Å². The van der Waals surface area contributed by atoms with E-state index in [1.807, 2.05) is 17.0 Å². The fourth-order valence-corrected chi connectivity index (χ4v) is 3.93. The molecule has 1 aromatic rings. The fraction of sp³-hybridized carbons (Fsp3) is 0.773. The Hall–Kier alpha value is -1.29. The largest absolute Gasteiger partial charge is 0.467 e. The zero-order valence-corrected chi connectivity index (χ0v) is 17.3. The molecule has 0 radical (unpaired) electrons. The summed E-state index contributed by atoms with van der Waals surface area (Å²) in [7, 11) is 0. The molecular formula is C22H37NO3. The minimum absolute atomic E-state index is 0.118. The van der Waals surface area contributed by atoms with E-state index in [1.54, 1.807) is 13.2 Å². The molecule has 1 saturated heterocycles. The van der Waals surface area contributed by atoms with Crippen molar-refractivity contribution in [1.82, 2.24) is 4.90 Å². The minimum Gasteiger partial charge on any atom is -0.467 e.